The minimum atomic E-state index is 0.241. The molecule has 0 radical (unpaired) electrons. The van der Waals surface area contributed by atoms with Gasteiger partial charge in [0.05, 0.1) is 6.61 Å². The van der Waals surface area contributed by atoms with Gasteiger partial charge in [0.1, 0.15) is 5.76 Å². The van der Waals surface area contributed by atoms with Crippen molar-refractivity contribution in [3.8, 4) is 11.6 Å². The summed E-state index contributed by atoms with van der Waals surface area (Å²) in [7, 11) is 0. The van der Waals surface area contributed by atoms with Crippen LogP contribution in [-0.2, 0) is 4.74 Å². The van der Waals surface area contributed by atoms with Gasteiger partial charge in [-0.25, -0.2) is 0 Å². The third kappa shape index (κ3) is 1.61. The lowest BCUT2D eigenvalue weighted by Crippen LogP contribution is -1.99. The highest BCUT2D eigenvalue weighted by atomic mass is 16.5. The molecule has 0 amide bonds. The van der Waals surface area contributed by atoms with E-state index in [1.807, 2.05) is 6.92 Å². The predicted octanol–water partition coefficient (Wildman–Crippen LogP) is 1.54. The van der Waals surface area contributed by atoms with Gasteiger partial charge in [-0.2, -0.15) is 4.98 Å². The molecule has 84 valence electrons. The molecule has 0 unspecified atom stereocenters. The van der Waals surface area contributed by atoms with E-state index in [4.69, 9.17) is 13.8 Å². The van der Waals surface area contributed by atoms with Gasteiger partial charge < -0.3 is 13.8 Å². The van der Waals surface area contributed by atoms with E-state index >= 15 is 0 Å². The van der Waals surface area contributed by atoms with E-state index in [-0.39, 0.29) is 5.92 Å². The van der Waals surface area contributed by atoms with Crippen molar-refractivity contribution in [1.82, 2.24) is 15.3 Å². The molecule has 0 bridgehead atoms. The minimum Gasteiger partial charge on any atom is -0.381 e. The minimum absolute atomic E-state index is 0.241. The molecule has 1 atom stereocenters. The lowest BCUT2D eigenvalue weighted by atomic mass is 10.1. The Labute approximate surface area is 91.6 Å². The highest BCUT2D eigenvalue weighted by molar-refractivity contribution is 5.45. The maximum atomic E-state index is 5.27. The van der Waals surface area contributed by atoms with Crippen molar-refractivity contribution in [1.29, 1.82) is 0 Å². The largest absolute Gasteiger partial charge is 0.381 e. The van der Waals surface area contributed by atoms with E-state index < -0.39 is 0 Å². The van der Waals surface area contributed by atoms with Crippen LogP contribution in [0.4, 0.5) is 0 Å². The summed E-state index contributed by atoms with van der Waals surface area (Å²) in [5, 5.41) is 7.76. The lowest BCUT2D eigenvalue weighted by molar-refractivity contribution is 0.192. The molecule has 3 rings (SSSR count). The molecular weight excluding hydrogens is 210 g/mol. The first-order valence-corrected chi connectivity index (χ1v) is 5.18. The van der Waals surface area contributed by atoms with Crippen LogP contribution in [0.1, 0.15) is 23.9 Å². The maximum absolute atomic E-state index is 5.27. The zero-order chi connectivity index (χ0) is 11.0. The Bertz CT molecular complexity index is 485. The first-order chi connectivity index (χ1) is 7.83. The normalized spacial score (nSPS) is 20.4. The molecule has 16 heavy (non-hydrogen) atoms. The van der Waals surface area contributed by atoms with E-state index in [9.17, 15) is 0 Å². The number of ether oxygens (including phenoxy) is 1. The topological polar surface area (TPSA) is 74.2 Å². The number of aryl methyl sites for hydroxylation is 1. The fraction of sp³-hybridized carbons (Fsp3) is 0.500. The summed E-state index contributed by atoms with van der Waals surface area (Å²) in [6.45, 7) is 3.24. The summed E-state index contributed by atoms with van der Waals surface area (Å²) >= 11 is 0. The SMILES string of the molecule is Cc1cc(-c2nc([C@@H]3CCOC3)no2)no1. The van der Waals surface area contributed by atoms with Crippen LogP contribution in [0.25, 0.3) is 11.6 Å². The van der Waals surface area contributed by atoms with Crippen LogP contribution in [0.2, 0.25) is 0 Å². The summed E-state index contributed by atoms with van der Waals surface area (Å²) in [4.78, 5) is 4.30. The van der Waals surface area contributed by atoms with Gasteiger partial charge in [0.25, 0.3) is 5.89 Å². The monoisotopic (exact) mass is 221 g/mol. The average molecular weight is 221 g/mol. The van der Waals surface area contributed by atoms with Gasteiger partial charge in [-0.05, 0) is 13.3 Å². The average Bonchev–Trinajstić information content (AvgIpc) is 2.97. The molecular formula is C10H11N3O3. The molecule has 0 aliphatic carbocycles. The van der Waals surface area contributed by atoms with Crippen LogP contribution >= 0.6 is 0 Å². The fourth-order valence-corrected chi connectivity index (χ4v) is 1.71. The van der Waals surface area contributed by atoms with Crippen molar-refractivity contribution in [2.75, 3.05) is 13.2 Å². The van der Waals surface area contributed by atoms with Gasteiger partial charge >= 0.3 is 0 Å². The zero-order valence-corrected chi connectivity index (χ0v) is 8.84. The maximum Gasteiger partial charge on any atom is 0.280 e. The van der Waals surface area contributed by atoms with E-state index in [2.05, 4.69) is 15.3 Å². The van der Waals surface area contributed by atoms with Gasteiger partial charge in [-0.15, -0.1) is 0 Å². The second kappa shape index (κ2) is 3.71. The Morgan fingerprint density at radius 2 is 2.25 bits per heavy atom. The van der Waals surface area contributed by atoms with E-state index in [1.165, 1.54) is 0 Å². The van der Waals surface area contributed by atoms with Gasteiger partial charge in [-0.3, -0.25) is 0 Å². The summed E-state index contributed by atoms with van der Waals surface area (Å²) < 4.78 is 15.4. The van der Waals surface area contributed by atoms with Crippen LogP contribution < -0.4 is 0 Å². The number of nitrogens with zero attached hydrogens (tertiary/aromatic N) is 3. The van der Waals surface area contributed by atoms with Gasteiger partial charge in [0.15, 0.2) is 11.5 Å². The quantitative estimate of drug-likeness (QED) is 0.765. The van der Waals surface area contributed by atoms with Crippen LogP contribution in [0.3, 0.4) is 0 Å². The fourth-order valence-electron chi connectivity index (χ4n) is 1.71. The van der Waals surface area contributed by atoms with E-state index in [1.54, 1.807) is 6.07 Å². The van der Waals surface area contributed by atoms with Crippen molar-refractivity contribution >= 4 is 0 Å². The van der Waals surface area contributed by atoms with Crippen LogP contribution in [0.5, 0.6) is 0 Å². The summed E-state index contributed by atoms with van der Waals surface area (Å²) in [6, 6.07) is 1.77. The Hall–Kier alpha value is -1.69. The van der Waals surface area contributed by atoms with Crippen molar-refractivity contribution in [3.63, 3.8) is 0 Å². The Kier molecular flexibility index (Phi) is 2.21. The molecule has 0 aromatic carbocycles. The smallest absolute Gasteiger partial charge is 0.280 e. The summed E-state index contributed by atoms with van der Waals surface area (Å²) in [6.07, 6.45) is 0.941. The Morgan fingerprint density at radius 1 is 1.31 bits per heavy atom. The third-order valence-electron chi connectivity index (χ3n) is 2.58. The molecule has 2 aromatic rings. The molecule has 0 N–H and O–H groups in total. The number of aromatic nitrogens is 3. The Balaban J connectivity index is 1.87. The van der Waals surface area contributed by atoms with Gasteiger partial charge in [-0.1, -0.05) is 10.3 Å². The molecule has 0 saturated carbocycles. The highest BCUT2D eigenvalue weighted by Gasteiger charge is 2.24. The van der Waals surface area contributed by atoms with Crippen LogP contribution in [-0.4, -0.2) is 28.5 Å². The molecule has 1 fully saturated rings. The van der Waals surface area contributed by atoms with Gasteiger partial charge in [0.2, 0.25) is 0 Å². The van der Waals surface area contributed by atoms with Gasteiger partial charge in [0, 0.05) is 18.6 Å². The summed E-state index contributed by atoms with van der Waals surface area (Å²) in [5.74, 6) is 2.05. The van der Waals surface area contributed by atoms with Crippen LogP contribution in [0.15, 0.2) is 15.1 Å². The second-order valence-corrected chi connectivity index (χ2v) is 3.84. The predicted molar refractivity (Wildman–Crippen MR) is 52.7 cm³/mol. The lowest BCUT2D eigenvalue weighted by Gasteiger charge is -1.97. The molecule has 1 saturated heterocycles. The van der Waals surface area contributed by atoms with Crippen molar-refractivity contribution in [2.24, 2.45) is 0 Å². The first-order valence-electron chi connectivity index (χ1n) is 5.18. The van der Waals surface area contributed by atoms with E-state index in [0.717, 1.165) is 18.8 Å². The van der Waals surface area contributed by atoms with Crippen molar-refractivity contribution < 1.29 is 13.8 Å². The molecule has 1 aliphatic heterocycles. The molecule has 2 aromatic heterocycles. The molecule has 1 aliphatic rings. The summed E-state index contributed by atoms with van der Waals surface area (Å²) in [5.41, 5.74) is 0.579. The highest BCUT2D eigenvalue weighted by Crippen LogP contribution is 2.25. The number of hydrogen-bond donors (Lipinski definition) is 0. The molecule has 0 spiro atoms. The standard InChI is InChI=1S/C10H11N3O3/c1-6-4-8(12-15-6)10-11-9(13-16-10)7-2-3-14-5-7/h4,7H,2-3,5H2,1H3/t7-/m1/s1. The zero-order valence-electron chi connectivity index (χ0n) is 8.84. The van der Waals surface area contributed by atoms with E-state index in [0.29, 0.717) is 24.0 Å². The van der Waals surface area contributed by atoms with Crippen molar-refractivity contribution in [2.45, 2.75) is 19.3 Å². The molecule has 6 heteroatoms. The Morgan fingerprint density at radius 3 is 2.94 bits per heavy atom. The van der Waals surface area contributed by atoms with Crippen molar-refractivity contribution in [3.05, 3.63) is 17.7 Å². The second-order valence-electron chi connectivity index (χ2n) is 3.84. The first kappa shape index (κ1) is 9.53. The number of hydrogen-bond acceptors (Lipinski definition) is 6. The third-order valence-corrected chi connectivity index (χ3v) is 2.58. The molecule has 6 nitrogen and oxygen atoms in total. The number of rotatable bonds is 2. The molecule has 3 heterocycles. The van der Waals surface area contributed by atoms with Crippen LogP contribution in [0, 0.1) is 6.92 Å².